The third-order valence-corrected chi connectivity index (χ3v) is 5.47. The maximum absolute atomic E-state index is 11.0. The maximum atomic E-state index is 11.0. The molecular formula is C27H28O2. The van der Waals surface area contributed by atoms with E-state index in [9.17, 15) is 4.79 Å². The first-order valence-electron chi connectivity index (χ1n) is 10.3. The number of allylic oxidation sites excluding steroid dienone is 4. The first-order valence-corrected chi connectivity index (χ1v) is 10.3. The lowest BCUT2D eigenvalue weighted by Gasteiger charge is -2.20. The van der Waals surface area contributed by atoms with Crippen LogP contribution in [0.3, 0.4) is 0 Å². The molecule has 0 heterocycles. The highest BCUT2D eigenvalue weighted by Crippen LogP contribution is 2.32. The van der Waals surface area contributed by atoms with Crippen molar-refractivity contribution in [2.75, 3.05) is 0 Å². The van der Waals surface area contributed by atoms with E-state index in [0.717, 1.165) is 18.4 Å². The van der Waals surface area contributed by atoms with Crippen LogP contribution in [-0.2, 0) is 11.2 Å². The SMILES string of the molecule is C=C/C(=C\C=C(/C)C1=c2ccc3cccc4ccc(c2c43)CC1)CC(=O)O.CC. The van der Waals surface area contributed by atoms with Crippen LogP contribution in [-0.4, -0.2) is 11.1 Å². The summed E-state index contributed by atoms with van der Waals surface area (Å²) in [6, 6.07) is 15.4. The van der Waals surface area contributed by atoms with Gasteiger partial charge in [-0.2, -0.15) is 0 Å². The molecule has 2 nitrogen and oxygen atoms in total. The Bertz CT molecular complexity index is 1180. The highest BCUT2D eigenvalue weighted by molar-refractivity contribution is 6.12. The van der Waals surface area contributed by atoms with Crippen molar-refractivity contribution in [3.05, 3.63) is 89.2 Å². The van der Waals surface area contributed by atoms with Crippen molar-refractivity contribution in [3.8, 4) is 0 Å². The van der Waals surface area contributed by atoms with Crippen molar-refractivity contribution in [1.29, 1.82) is 0 Å². The largest absolute Gasteiger partial charge is 0.481 e. The molecule has 148 valence electrons. The van der Waals surface area contributed by atoms with E-state index in [2.05, 4.69) is 56.0 Å². The van der Waals surface area contributed by atoms with Crippen molar-refractivity contribution in [2.45, 2.75) is 40.0 Å². The van der Waals surface area contributed by atoms with Crippen molar-refractivity contribution in [2.24, 2.45) is 0 Å². The Morgan fingerprint density at radius 3 is 2.34 bits per heavy atom. The van der Waals surface area contributed by atoms with Crippen LogP contribution in [0.15, 0.2) is 78.4 Å². The van der Waals surface area contributed by atoms with E-state index in [-0.39, 0.29) is 6.42 Å². The molecule has 0 aliphatic heterocycles. The molecule has 0 saturated carbocycles. The molecule has 3 aromatic carbocycles. The molecule has 29 heavy (non-hydrogen) atoms. The fourth-order valence-corrected chi connectivity index (χ4v) is 4.12. The molecular weight excluding hydrogens is 356 g/mol. The normalized spacial score (nSPS) is 14.0. The van der Waals surface area contributed by atoms with Gasteiger partial charge in [0.15, 0.2) is 0 Å². The second kappa shape index (κ2) is 8.91. The van der Waals surface area contributed by atoms with E-state index in [1.807, 2.05) is 26.0 Å². The highest BCUT2D eigenvalue weighted by Gasteiger charge is 2.16. The Hall–Kier alpha value is -3.13. The fraction of sp³-hybridized carbons (Fsp3) is 0.222. The third-order valence-electron chi connectivity index (χ3n) is 5.47. The van der Waals surface area contributed by atoms with Gasteiger partial charge in [0.05, 0.1) is 6.42 Å². The molecule has 0 amide bonds. The molecule has 1 aliphatic carbocycles. The van der Waals surface area contributed by atoms with Crippen LogP contribution in [0.25, 0.3) is 27.1 Å². The van der Waals surface area contributed by atoms with Crippen LogP contribution in [0, 0.1) is 0 Å². The first-order chi connectivity index (χ1) is 14.1. The van der Waals surface area contributed by atoms with E-state index < -0.39 is 5.97 Å². The number of rotatable bonds is 5. The zero-order valence-corrected chi connectivity index (χ0v) is 17.5. The van der Waals surface area contributed by atoms with Crippen molar-refractivity contribution < 1.29 is 9.90 Å². The Morgan fingerprint density at radius 1 is 1.00 bits per heavy atom. The Labute approximate surface area is 172 Å². The van der Waals surface area contributed by atoms with E-state index in [0.29, 0.717) is 0 Å². The van der Waals surface area contributed by atoms with Crippen molar-refractivity contribution in [1.82, 2.24) is 0 Å². The average molecular weight is 385 g/mol. The number of hydrogen-bond donors (Lipinski definition) is 1. The van der Waals surface area contributed by atoms with Gasteiger partial charge in [0.2, 0.25) is 0 Å². The van der Waals surface area contributed by atoms with E-state index >= 15 is 0 Å². The number of carbonyl (C=O) groups is 1. The molecule has 4 rings (SSSR count). The first kappa shape index (κ1) is 20.6. The summed E-state index contributed by atoms with van der Waals surface area (Å²) in [6.45, 7) is 9.83. The number of aliphatic carboxylic acids is 1. The second-order valence-corrected chi connectivity index (χ2v) is 7.14. The standard InChI is InChI=1S/C25H22O2.C2H6/c1-3-17(15-23(26)27)8-7-16(2)21-13-11-20-10-9-18-5-4-6-19-12-14-22(21)25(20)24(18)19;1-2/h3-10,12,14H,1,11,13,15H2,2H3,(H,26,27);1-2H3/b16-7+,17-8+;. The Balaban J connectivity index is 0.00000117. The van der Waals surface area contributed by atoms with Crippen molar-refractivity contribution >= 4 is 33.1 Å². The number of benzene rings is 3. The molecule has 2 heteroatoms. The van der Waals surface area contributed by atoms with Crippen LogP contribution >= 0.6 is 0 Å². The van der Waals surface area contributed by atoms with Gasteiger partial charge in [-0.05, 0) is 68.8 Å². The lowest BCUT2D eigenvalue weighted by molar-refractivity contribution is -0.136. The van der Waals surface area contributed by atoms with Gasteiger partial charge in [-0.25, -0.2) is 0 Å². The Kier molecular flexibility index (Phi) is 6.33. The van der Waals surface area contributed by atoms with Crippen LogP contribution in [0.4, 0.5) is 0 Å². The second-order valence-electron chi connectivity index (χ2n) is 7.14. The van der Waals surface area contributed by atoms with Crippen molar-refractivity contribution in [3.63, 3.8) is 0 Å². The zero-order chi connectivity index (χ0) is 21.0. The smallest absolute Gasteiger partial charge is 0.307 e. The summed E-state index contributed by atoms with van der Waals surface area (Å²) < 4.78 is 0. The topological polar surface area (TPSA) is 37.3 Å². The van der Waals surface area contributed by atoms with E-state index in [1.165, 1.54) is 43.5 Å². The fourth-order valence-electron chi connectivity index (χ4n) is 4.12. The summed E-state index contributed by atoms with van der Waals surface area (Å²) in [5.41, 5.74) is 4.66. The molecule has 1 aliphatic rings. The number of carboxylic acids is 1. The highest BCUT2D eigenvalue weighted by atomic mass is 16.4. The van der Waals surface area contributed by atoms with Gasteiger partial charge < -0.3 is 5.11 Å². The summed E-state index contributed by atoms with van der Waals surface area (Å²) in [5.74, 6) is -0.838. The number of aryl methyl sites for hydroxylation is 1. The number of hydrogen-bond acceptors (Lipinski definition) is 1. The van der Waals surface area contributed by atoms with Crippen LogP contribution in [0.1, 0.15) is 39.2 Å². The molecule has 3 aromatic rings. The minimum Gasteiger partial charge on any atom is -0.481 e. The monoisotopic (exact) mass is 384 g/mol. The third kappa shape index (κ3) is 4.02. The van der Waals surface area contributed by atoms with Gasteiger partial charge in [0.25, 0.3) is 0 Å². The molecule has 0 fully saturated rings. The molecule has 0 atom stereocenters. The molecule has 1 N–H and O–H groups in total. The minimum atomic E-state index is -0.838. The predicted molar refractivity (Wildman–Crippen MR) is 124 cm³/mol. The predicted octanol–water partition coefficient (Wildman–Crippen LogP) is 6.37. The summed E-state index contributed by atoms with van der Waals surface area (Å²) >= 11 is 0. The summed E-state index contributed by atoms with van der Waals surface area (Å²) in [7, 11) is 0. The molecule has 0 bridgehead atoms. The average Bonchev–Trinajstić information content (AvgIpc) is 2.75. The van der Waals surface area contributed by atoms with E-state index in [4.69, 9.17) is 5.11 Å². The lowest BCUT2D eigenvalue weighted by Crippen LogP contribution is -2.16. The summed E-state index contributed by atoms with van der Waals surface area (Å²) in [5, 5.41) is 15.6. The van der Waals surface area contributed by atoms with Gasteiger partial charge in [0, 0.05) is 0 Å². The molecule has 0 saturated heterocycles. The van der Waals surface area contributed by atoms with Gasteiger partial charge >= 0.3 is 5.97 Å². The Morgan fingerprint density at radius 2 is 1.69 bits per heavy atom. The molecule has 0 unspecified atom stereocenters. The molecule has 0 aromatic heterocycles. The lowest BCUT2D eigenvalue weighted by atomic mass is 9.84. The van der Waals surface area contributed by atoms with Crippen LogP contribution in [0.2, 0.25) is 0 Å². The summed E-state index contributed by atoms with van der Waals surface area (Å²) in [6.07, 6.45) is 7.55. The van der Waals surface area contributed by atoms with E-state index in [1.54, 1.807) is 6.08 Å². The summed E-state index contributed by atoms with van der Waals surface area (Å²) in [4.78, 5) is 11.0. The van der Waals surface area contributed by atoms with Gasteiger partial charge in [-0.3, -0.25) is 4.79 Å². The van der Waals surface area contributed by atoms with Gasteiger partial charge in [-0.1, -0.05) is 81.1 Å². The molecule has 0 spiro atoms. The molecule has 0 radical (unpaired) electrons. The van der Waals surface area contributed by atoms with Gasteiger partial charge in [0.1, 0.15) is 0 Å². The zero-order valence-electron chi connectivity index (χ0n) is 17.5. The minimum absolute atomic E-state index is 0.00405. The quantitative estimate of drug-likeness (QED) is 0.519. The van der Waals surface area contributed by atoms with Crippen LogP contribution < -0.4 is 5.22 Å². The maximum Gasteiger partial charge on any atom is 0.307 e. The van der Waals surface area contributed by atoms with Gasteiger partial charge in [-0.15, -0.1) is 0 Å². The van der Waals surface area contributed by atoms with Crippen LogP contribution in [0.5, 0.6) is 0 Å². The number of carboxylic acid groups (broad SMARTS) is 1.